The Kier molecular flexibility index (Phi) is 8.37. The average Bonchev–Trinajstić information content (AvgIpc) is 2.77. The highest BCUT2D eigenvalue weighted by atomic mass is 16.3. The molecule has 30 heavy (non-hydrogen) atoms. The molecule has 2 fully saturated rings. The molecule has 0 aromatic heterocycles. The topological polar surface area (TPSA) is 94.2 Å². The number of nitrogens with two attached hydrogens (primary N) is 1. The Bertz CT molecular complexity index is 698. The van der Waals surface area contributed by atoms with Crippen LogP contribution in [0.15, 0.2) is 29.3 Å². The van der Waals surface area contributed by atoms with Gasteiger partial charge in [0.05, 0.1) is 6.54 Å². The second-order valence-corrected chi connectivity index (χ2v) is 8.57. The summed E-state index contributed by atoms with van der Waals surface area (Å²) in [6, 6.07) is 8.68. The third-order valence-corrected chi connectivity index (χ3v) is 6.23. The lowest BCUT2D eigenvalue weighted by molar-refractivity contribution is -0.119. The van der Waals surface area contributed by atoms with Gasteiger partial charge in [-0.1, -0.05) is 12.1 Å². The summed E-state index contributed by atoms with van der Waals surface area (Å²) in [4.78, 5) is 20.8. The van der Waals surface area contributed by atoms with E-state index < -0.39 is 0 Å². The zero-order valence-electron chi connectivity index (χ0n) is 18.2. The molecule has 2 aliphatic heterocycles. The monoisotopic (exact) mass is 415 g/mol. The molecule has 4 N–H and O–H groups in total. The number of nitrogens with one attached hydrogen (secondary N) is 1. The van der Waals surface area contributed by atoms with Gasteiger partial charge >= 0.3 is 0 Å². The summed E-state index contributed by atoms with van der Waals surface area (Å²) in [5.74, 6) is 1.47. The van der Waals surface area contributed by atoms with Gasteiger partial charge in [-0.25, -0.2) is 4.99 Å². The van der Waals surface area contributed by atoms with Crippen LogP contribution in [0.1, 0.15) is 44.6 Å². The van der Waals surface area contributed by atoms with Gasteiger partial charge in [-0.05, 0) is 62.1 Å². The Morgan fingerprint density at radius 2 is 1.90 bits per heavy atom. The minimum absolute atomic E-state index is 0.218. The van der Waals surface area contributed by atoms with E-state index in [0.717, 1.165) is 64.4 Å². The van der Waals surface area contributed by atoms with Crippen LogP contribution in [0.3, 0.4) is 0 Å². The molecule has 0 bridgehead atoms. The number of aliphatic hydroxyl groups is 1. The van der Waals surface area contributed by atoms with Crippen molar-refractivity contribution in [1.82, 2.24) is 10.2 Å². The number of aliphatic imine (C=N–C) groups is 1. The Hall–Kier alpha value is -2.28. The van der Waals surface area contributed by atoms with Crippen LogP contribution in [0.5, 0.6) is 0 Å². The molecule has 2 saturated heterocycles. The van der Waals surface area contributed by atoms with Gasteiger partial charge in [0.25, 0.3) is 0 Å². The van der Waals surface area contributed by atoms with Crippen molar-refractivity contribution in [2.75, 3.05) is 44.2 Å². The standard InChI is InChI=1S/C23H37N5O2/c1-2-25-23(28-11-3-4-20(16-28)14-22(24)30)26-15-18-5-7-21(8-6-18)27-12-9-19(17-29)10-13-27/h5-8,19-20,29H,2-4,9-17H2,1H3,(H2,24,30)(H,25,26). The average molecular weight is 416 g/mol. The van der Waals surface area contributed by atoms with Gasteiger partial charge in [0.15, 0.2) is 5.96 Å². The fourth-order valence-corrected chi connectivity index (χ4v) is 4.49. The van der Waals surface area contributed by atoms with E-state index in [1.165, 1.54) is 11.3 Å². The molecule has 0 aliphatic carbocycles. The maximum Gasteiger partial charge on any atom is 0.217 e. The summed E-state index contributed by atoms with van der Waals surface area (Å²) in [6.45, 7) is 7.64. The van der Waals surface area contributed by atoms with Crippen LogP contribution in [0, 0.1) is 11.8 Å². The maximum absolute atomic E-state index is 11.3. The van der Waals surface area contributed by atoms with Crippen LogP contribution in [-0.4, -0.2) is 61.2 Å². The highest BCUT2D eigenvalue weighted by Crippen LogP contribution is 2.24. The number of hydrogen-bond donors (Lipinski definition) is 3. The highest BCUT2D eigenvalue weighted by Gasteiger charge is 2.23. The number of carbonyl (C=O) groups is 1. The second kappa shape index (κ2) is 11.2. The molecule has 2 aliphatic rings. The smallest absolute Gasteiger partial charge is 0.217 e. The van der Waals surface area contributed by atoms with Crippen LogP contribution < -0.4 is 16.0 Å². The first-order valence-electron chi connectivity index (χ1n) is 11.3. The SMILES string of the molecule is CCNC(=NCc1ccc(N2CCC(CO)CC2)cc1)N1CCCC(CC(N)=O)C1. The summed E-state index contributed by atoms with van der Waals surface area (Å²) < 4.78 is 0. The first kappa shape index (κ1) is 22.4. The number of piperidine rings is 2. The molecule has 1 atom stereocenters. The third-order valence-electron chi connectivity index (χ3n) is 6.23. The van der Waals surface area contributed by atoms with Gasteiger partial charge < -0.3 is 26.0 Å². The van der Waals surface area contributed by atoms with Gasteiger partial charge in [-0.2, -0.15) is 0 Å². The number of benzene rings is 1. The highest BCUT2D eigenvalue weighted by molar-refractivity contribution is 5.80. The molecular formula is C23H37N5O2. The lowest BCUT2D eigenvalue weighted by Gasteiger charge is -2.34. The van der Waals surface area contributed by atoms with Crippen molar-refractivity contribution in [1.29, 1.82) is 0 Å². The number of amides is 1. The predicted octanol–water partition coefficient (Wildman–Crippen LogP) is 1.95. The molecule has 1 aromatic carbocycles. The van der Waals surface area contributed by atoms with E-state index in [1.807, 2.05) is 0 Å². The Labute approximate surface area is 180 Å². The van der Waals surface area contributed by atoms with E-state index in [1.54, 1.807) is 0 Å². The van der Waals surface area contributed by atoms with Crippen molar-refractivity contribution in [3.05, 3.63) is 29.8 Å². The Morgan fingerprint density at radius 3 is 2.53 bits per heavy atom. The van der Waals surface area contributed by atoms with Gasteiger partial charge in [-0.3, -0.25) is 4.79 Å². The minimum atomic E-state index is -0.218. The van der Waals surface area contributed by atoms with Crippen LogP contribution >= 0.6 is 0 Å². The first-order valence-corrected chi connectivity index (χ1v) is 11.3. The number of carbonyl (C=O) groups excluding carboxylic acids is 1. The lowest BCUT2D eigenvalue weighted by Crippen LogP contribution is -2.47. The molecule has 2 heterocycles. The fourth-order valence-electron chi connectivity index (χ4n) is 4.49. The van der Waals surface area contributed by atoms with Gasteiger partial charge in [0.2, 0.25) is 5.91 Å². The molecule has 7 heteroatoms. The largest absolute Gasteiger partial charge is 0.396 e. The number of aliphatic hydroxyl groups excluding tert-OH is 1. The number of hydrogen-bond acceptors (Lipinski definition) is 4. The molecule has 1 aromatic rings. The molecule has 166 valence electrons. The number of guanidine groups is 1. The van der Waals surface area contributed by atoms with Crippen LogP contribution in [-0.2, 0) is 11.3 Å². The minimum Gasteiger partial charge on any atom is -0.396 e. The van der Waals surface area contributed by atoms with Crippen molar-refractivity contribution in [3.63, 3.8) is 0 Å². The summed E-state index contributed by atoms with van der Waals surface area (Å²) in [5, 5.41) is 12.7. The van der Waals surface area contributed by atoms with Gasteiger partial charge in [0, 0.05) is 51.4 Å². The molecule has 3 rings (SSSR count). The van der Waals surface area contributed by atoms with E-state index in [2.05, 4.69) is 46.3 Å². The normalized spacial score (nSPS) is 21.0. The summed E-state index contributed by atoms with van der Waals surface area (Å²) in [7, 11) is 0. The first-order chi connectivity index (χ1) is 14.6. The number of likely N-dealkylation sites (tertiary alicyclic amines) is 1. The van der Waals surface area contributed by atoms with Gasteiger partial charge in [0.1, 0.15) is 0 Å². The molecule has 0 radical (unpaired) electrons. The third kappa shape index (κ3) is 6.36. The van der Waals surface area contributed by atoms with Crippen LogP contribution in [0.4, 0.5) is 5.69 Å². The molecule has 1 unspecified atom stereocenters. The molecular weight excluding hydrogens is 378 g/mol. The fraction of sp³-hybridized carbons (Fsp3) is 0.652. The van der Waals surface area contributed by atoms with E-state index in [-0.39, 0.29) is 5.91 Å². The number of nitrogens with zero attached hydrogens (tertiary/aromatic N) is 3. The van der Waals surface area contributed by atoms with Gasteiger partial charge in [-0.15, -0.1) is 0 Å². The van der Waals surface area contributed by atoms with Crippen molar-refractivity contribution in [3.8, 4) is 0 Å². The van der Waals surface area contributed by atoms with Crippen molar-refractivity contribution >= 4 is 17.6 Å². The Morgan fingerprint density at radius 1 is 1.17 bits per heavy atom. The quantitative estimate of drug-likeness (QED) is 0.467. The van der Waals surface area contributed by atoms with E-state index >= 15 is 0 Å². The zero-order valence-corrected chi connectivity index (χ0v) is 18.2. The second-order valence-electron chi connectivity index (χ2n) is 8.57. The van der Waals surface area contributed by atoms with E-state index in [0.29, 0.717) is 31.4 Å². The Balaban J connectivity index is 1.58. The molecule has 1 amide bonds. The summed E-state index contributed by atoms with van der Waals surface area (Å²) in [6.07, 6.45) is 4.68. The molecule has 7 nitrogen and oxygen atoms in total. The van der Waals surface area contributed by atoms with E-state index in [9.17, 15) is 9.90 Å². The van der Waals surface area contributed by atoms with Crippen LogP contribution in [0.2, 0.25) is 0 Å². The van der Waals surface area contributed by atoms with Crippen molar-refractivity contribution in [2.45, 2.75) is 45.6 Å². The number of rotatable bonds is 7. The predicted molar refractivity (Wildman–Crippen MR) is 121 cm³/mol. The van der Waals surface area contributed by atoms with Crippen molar-refractivity contribution < 1.29 is 9.90 Å². The summed E-state index contributed by atoms with van der Waals surface area (Å²) in [5.41, 5.74) is 7.83. The molecule has 0 saturated carbocycles. The number of primary amides is 1. The van der Waals surface area contributed by atoms with Crippen LogP contribution in [0.25, 0.3) is 0 Å². The van der Waals surface area contributed by atoms with E-state index in [4.69, 9.17) is 10.7 Å². The van der Waals surface area contributed by atoms with Crippen molar-refractivity contribution in [2.24, 2.45) is 22.6 Å². The lowest BCUT2D eigenvalue weighted by atomic mass is 9.95. The molecule has 0 spiro atoms. The zero-order chi connectivity index (χ0) is 21.3. The number of anilines is 1. The maximum atomic E-state index is 11.3. The summed E-state index contributed by atoms with van der Waals surface area (Å²) >= 11 is 0.